The van der Waals surface area contributed by atoms with Gasteiger partial charge in [0.15, 0.2) is 0 Å². The number of halogens is 4. The van der Waals surface area contributed by atoms with E-state index in [1.54, 1.807) is 4.90 Å². The molecule has 2 heterocycles. The Morgan fingerprint density at radius 2 is 1.96 bits per heavy atom. The number of nitrogens with one attached hydrogen (secondary N) is 1. The van der Waals surface area contributed by atoms with Crippen LogP contribution < -0.4 is 5.32 Å². The van der Waals surface area contributed by atoms with Crippen molar-refractivity contribution in [2.45, 2.75) is 45.3 Å². The molecule has 8 heteroatoms. The van der Waals surface area contributed by atoms with Gasteiger partial charge in [0.1, 0.15) is 5.69 Å². The number of rotatable bonds is 4. The molecule has 0 spiro atoms. The van der Waals surface area contributed by atoms with E-state index in [1.807, 2.05) is 6.92 Å². The maximum Gasteiger partial charge on any atom is 0.433 e. The van der Waals surface area contributed by atoms with Crippen LogP contribution in [0.5, 0.6) is 0 Å². The number of pyridine rings is 1. The van der Waals surface area contributed by atoms with Crippen molar-refractivity contribution in [3.8, 4) is 0 Å². The third kappa shape index (κ3) is 4.83. The number of nitrogens with zero attached hydrogens (tertiary/aromatic N) is 2. The second kappa shape index (κ2) is 8.67. The summed E-state index contributed by atoms with van der Waals surface area (Å²) < 4.78 is 38.1. The first kappa shape index (κ1) is 20.7. The van der Waals surface area contributed by atoms with Gasteiger partial charge in [-0.3, -0.25) is 4.79 Å². The summed E-state index contributed by atoms with van der Waals surface area (Å²) in [5.74, 6) is -0.225. The van der Waals surface area contributed by atoms with E-state index >= 15 is 0 Å². The van der Waals surface area contributed by atoms with Crippen LogP contribution in [0.15, 0.2) is 12.1 Å². The maximum atomic E-state index is 12.8. The van der Waals surface area contributed by atoms with Gasteiger partial charge < -0.3 is 10.2 Å². The van der Waals surface area contributed by atoms with E-state index in [9.17, 15) is 18.0 Å². The van der Waals surface area contributed by atoms with Crippen molar-refractivity contribution in [1.82, 2.24) is 15.2 Å². The molecule has 1 amide bonds. The molecule has 0 radical (unpaired) electrons. The fourth-order valence-corrected chi connectivity index (χ4v) is 2.91. The largest absolute Gasteiger partial charge is 0.433 e. The number of carbonyl (C=O) groups excluding carboxylic acids is 1. The van der Waals surface area contributed by atoms with Gasteiger partial charge in [0.2, 0.25) is 0 Å². The van der Waals surface area contributed by atoms with Gasteiger partial charge in [0, 0.05) is 12.6 Å². The molecule has 1 fully saturated rings. The number of amides is 1. The first-order valence-electron chi connectivity index (χ1n) is 7.91. The van der Waals surface area contributed by atoms with Gasteiger partial charge in [-0.25, -0.2) is 4.98 Å². The van der Waals surface area contributed by atoms with Crippen LogP contribution >= 0.6 is 12.4 Å². The lowest BCUT2D eigenvalue weighted by atomic mass is 10.0. The molecule has 1 aliphatic heterocycles. The zero-order valence-electron chi connectivity index (χ0n) is 13.8. The minimum Gasteiger partial charge on any atom is -0.336 e. The molecular formula is C16H23ClF3N3O. The zero-order valence-corrected chi connectivity index (χ0v) is 14.6. The highest BCUT2D eigenvalue weighted by Crippen LogP contribution is 2.28. The molecule has 0 saturated carbocycles. The first-order valence-corrected chi connectivity index (χ1v) is 7.91. The van der Waals surface area contributed by atoms with Gasteiger partial charge in [-0.2, -0.15) is 13.2 Å². The topological polar surface area (TPSA) is 45.2 Å². The summed E-state index contributed by atoms with van der Waals surface area (Å²) in [5, 5.41) is 3.25. The normalized spacial score (nSPS) is 15.7. The lowest BCUT2D eigenvalue weighted by Gasteiger charge is -2.35. The second-order valence-electron chi connectivity index (χ2n) is 5.81. The molecule has 0 bridgehead atoms. The number of alkyl halides is 3. The predicted molar refractivity (Wildman–Crippen MR) is 88.4 cm³/mol. The van der Waals surface area contributed by atoms with Crippen molar-refractivity contribution >= 4 is 18.3 Å². The van der Waals surface area contributed by atoms with Gasteiger partial charge in [-0.1, -0.05) is 6.92 Å². The standard InChI is InChI=1S/C16H22F3N3O.ClH/c1-3-10-22(12-6-8-20-9-7-12)15(23)13-4-5-14(16(17,18)19)21-11(13)2;/h4-5,12,20H,3,6-10H2,1-2H3;1H. The molecule has 1 N–H and O–H groups in total. The minimum atomic E-state index is -4.50. The molecule has 0 atom stereocenters. The van der Waals surface area contributed by atoms with E-state index in [0.29, 0.717) is 6.54 Å². The summed E-state index contributed by atoms with van der Waals surface area (Å²) in [6, 6.07) is 2.26. The van der Waals surface area contributed by atoms with Crippen LogP contribution in [0.4, 0.5) is 13.2 Å². The summed E-state index contributed by atoms with van der Waals surface area (Å²) in [6.07, 6.45) is -1.97. The third-order valence-corrected chi connectivity index (χ3v) is 4.08. The molecular weight excluding hydrogens is 343 g/mol. The average molecular weight is 366 g/mol. The van der Waals surface area contributed by atoms with Crippen molar-refractivity contribution in [2.24, 2.45) is 0 Å². The quantitative estimate of drug-likeness (QED) is 0.889. The van der Waals surface area contributed by atoms with Crippen LogP contribution in [0.25, 0.3) is 0 Å². The number of hydrogen-bond donors (Lipinski definition) is 1. The highest BCUT2D eigenvalue weighted by atomic mass is 35.5. The van der Waals surface area contributed by atoms with Crippen LogP contribution in [0, 0.1) is 6.92 Å². The molecule has 0 aromatic carbocycles. The Balaban J connectivity index is 0.00000288. The second-order valence-corrected chi connectivity index (χ2v) is 5.81. The number of aryl methyl sites for hydroxylation is 1. The summed E-state index contributed by atoms with van der Waals surface area (Å²) in [4.78, 5) is 18.2. The van der Waals surface area contributed by atoms with Gasteiger partial charge in [-0.15, -0.1) is 12.4 Å². The fraction of sp³-hybridized carbons (Fsp3) is 0.625. The van der Waals surface area contributed by atoms with Gasteiger partial charge in [-0.05, 0) is 51.4 Å². The first-order chi connectivity index (χ1) is 10.8. The zero-order chi connectivity index (χ0) is 17.0. The van der Waals surface area contributed by atoms with E-state index in [4.69, 9.17) is 0 Å². The van der Waals surface area contributed by atoms with Gasteiger partial charge in [0.25, 0.3) is 5.91 Å². The maximum absolute atomic E-state index is 12.8. The molecule has 1 aliphatic rings. The summed E-state index contributed by atoms with van der Waals surface area (Å²) in [5.41, 5.74) is -0.583. The highest BCUT2D eigenvalue weighted by molar-refractivity contribution is 5.95. The Labute approximate surface area is 146 Å². The van der Waals surface area contributed by atoms with E-state index in [0.717, 1.165) is 38.4 Å². The Bertz CT molecular complexity index is 560. The third-order valence-electron chi connectivity index (χ3n) is 4.08. The number of carbonyl (C=O) groups is 1. The lowest BCUT2D eigenvalue weighted by Crippen LogP contribution is -2.46. The fourth-order valence-electron chi connectivity index (χ4n) is 2.91. The number of hydrogen-bond acceptors (Lipinski definition) is 3. The Morgan fingerprint density at radius 1 is 1.33 bits per heavy atom. The molecule has 1 aromatic rings. The van der Waals surface area contributed by atoms with E-state index in [2.05, 4.69) is 10.3 Å². The predicted octanol–water partition coefficient (Wildman–Crippen LogP) is 3.43. The number of piperidine rings is 1. The van der Waals surface area contributed by atoms with Crippen LogP contribution in [0.3, 0.4) is 0 Å². The summed E-state index contributed by atoms with van der Waals surface area (Å²) in [7, 11) is 0. The lowest BCUT2D eigenvalue weighted by molar-refractivity contribution is -0.141. The van der Waals surface area contributed by atoms with E-state index in [-0.39, 0.29) is 35.6 Å². The molecule has 24 heavy (non-hydrogen) atoms. The van der Waals surface area contributed by atoms with Crippen molar-refractivity contribution in [3.05, 3.63) is 29.1 Å². The summed E-state index contributed by atoms with van der Waals surface area (Å²) >= 11 is 0. The Hall–Kier alpha value is -1.34. The van der Waals surface area contributed by atoms with E-state index in [1.165, 1.54) is 13.0 Å². The smallest absolute Gasteiger partial charge is 0.336 e. The van der Waals surface area contributed by atoms with Crippen LogP contribution in [0.1, 0.15) is 47.9 Å². The number of aromatic nitrogens is 1. The van der Waals surface area contributed by atoms with Crippen molar-refractivity contribution in [1.29, 1.82) is 0 Å². The van der Waals surface area contributed by atoms with E-state index < -0.39 is 11.9 Å². The highest BCUT2D eigenvalue weighted by Gasteiger charge is 2.34. The van der Waals surface area contributed by atoms with Crippen LogP contribution in [-0.2, 0) is 6.18 Å². The molecule has 0 unspecified atom stereocenters. The SMILES string of the molecule is CCCN(C(=O)c1ccc(C(F)(F)F)nc1C)C1CCNCC1.Cl. The van der Waals surface area contributed by atoms with Crippen molar-refractivity contribution < 1.29 is 18.0 Å². The van der Waals surface area contributed by atoms with Gasteiger partial charge in [0.05, 0.1) is 11.3 Å². The molecule has 1 saturated heterocycles. The molecule has 0 aliphatic carbocycles. The van der Waals surface area contributed by atoms with Crippen LogP contribution in [0.2, 0.25) is 0 Å². The molecule has 4 nitrogen and oxygen atoms in total. The summed E-state index contributed by atoms with van der Waals surface area (Å²) in [6.45, 7) is 5.74. The van der Waals surface area contributed by atoms with Crippen molar-refractivity contribution in [2.75, 3.05) is 19.6 Å². The minimum absolute atomic E-state index is 0. The molecule has 1 aromatic heterocycles. The Kier molecular flexibility index (Phi) is 7.48. The average Bonchev–Trinajstić information content (AvgIpc) is 2.52. The Morgan fingerprint density at radius 3 is 2.46 bits per heavy atom. The van der Waals surface area contributed by atoms with Crippen molar-refractivity contribution in [3.63, 3.8) is 0 Å². The molecule has 136 valence electrons. The van der Waals surface area contributed by atoms with Crippen LogP contribution in [-0.4, -0.2) is 41.5 Å². The molecule has 2 rings (SSSR count). The monoisotopic (exact) mass is 365 g/mol. The van der Waals surface area contributed by atoms with Gasteiger partial charge >= 0.3 is 6.18 Å².